The van der Waals surface area contributed by atoms with E-state index in [0.717, 1.165) is 4.90 Å². The van der Waals surface area contributed by atoms with Crippen molar-refractivity contribution in [2.24, 2.45) is 10.7 Å². The van der Waals surface area contributed by atoms with E-state index in [1.807, 2.05) is 0 Å². The molecular formula is C28H21ClF2N6O4. The van der Waals surface area contributed by atoms with Crippen LogP contribution in [-0.4, -0.2) is 57.2 Å². The molecule has 2 unspecified atom stereocenters. The van der Waals surface area contributed by atoms with E-state index >= 15 is 4.39 Å². The van der Waals surface area contributed by atoms with Gasteiger partial charge in [0.2, 0.25) is 17.9 Å². The Morgan fingerprint density at radius 3 is 2.61 bits per heavy atom. The monoisotopic (exact) mass is 578 g/mol. The average Bonchev–Trinajstić information content (AvgIpc) is 3.51. The van der Waals surface area contributed by atoms with Crippen molar-refractivity contribution in [3.63, 3.8) is 0 Å². The normalized spacial score (nSPS) is 16.4. The van der Waals surface area contributed by atoms with Crippen LogP contribution in [0.25, 0.3) is 22.0 Å². The number of amides is 3. The second kappa shape index (κ2) is 11.3. The van der Waals surface area contributed by atoms with Crippen molar-refractivity contribution in [1.29, 1.82) is 0 Å². The number of carbonyl (C=O) groups is 3. The summed E-state index contributed by atoms with van der Waals surface area (Å²) >= 11 is 6.21. The van der Waals surface area contributed by atoms with Crippen molar-refractivity contribution >= 4 is 57.7 Å². The lowest BCUT2D eigenvalue weighted by Gasteiger charge is -2.24. The molecule has 2 atom stereocenters. The molecule has 3 aromatic carbocycles. The minimum Gasteiger partial charge on any atom is -0.364 e. The molecule has 10 nitrogen and oxygen atoms in total. The standard InChI is InChI=1S/C28H21ClF2N6O4/c29-20-6-2-1-4-17(20)18-5-3-7-21(25(18)31)34-28(41)23-10-15(30)12-36(23)24(39)13-37-22-9-8-16(33-14-38)11-19(22)26(35-37)27(32)40/h1-9,11,15,23H,10,12-13H2,(H2,32,40)(H,34,41). The molecule has 1 aliphatic heterocycles. The van der Waals surface area contributed by atoms with Crippen LogP contribution in [0.4, 0.5) is 20.2 Å². The van der Waals surface area contributed by atoms with Crippen molar-refractivity contribution in [3.8, 4) is 11.1 Å². The van der Waals surface area contributed by atoms with Gasteiger partial charge < -0.3 is 16.0 Å². The van der Waals surface area contributed by atoms with Crippen LogP contribution in [0.3, 0.4) is 0 Å². The predicted octanol–water partition coefficient (Wildman–Crippen LogP) is 4.14. The van der Waals surface area contributed by atoms with Gasteiger partial charge in [-0.2, -0.15) is 10.1 Å². The van der Waals surface area contributed by atoms with E-state index in [1.165, 1.54) is 47.2 Å². The largest absolute Gasteiger partial charge is 0.364 e. The molecule has 5 rings (SSSR count). The number of benzene rings is 3. The summed E-state index contributed by atoms with van der Waals surface area (Å²) in [5, 5.41) is 7.16. The summed E-state index contributed by atoms with van der Waals surface area (Å²) in [6.07, 6.45) is -0.385. The zero-order valence-corrected chi connectivity index (χ0v) is 21.9. The minimum atomic E-state index is -1.49. The highest BCUT2D eigenvalue weighted by Crippen LogP contribution is 2.33. The number of halogens is 3. The fourth-order valence-electron chi connectivity index (χ4n) is 4.85. The van der Waals surface area contributed by atoms with Gasteiger partial charge in [0.1, 0.15) is 18.8 Å². The van der Waals surface area contributed by atoms with Gasteiger partial charge in [-0.1, -0.05) is 41.9 Å². The summed E-state index contributed by atoms with van der Waals surface area (Å²) in [6, 6.07) is 14.2. The Kier molecular flexibility index (Phi) is 7.60. The first kappa shape index (κ1) is 27.6. The molecule has 0 aliphatic carbocycles. The number of fused-ring (bicyclic) bond motifs is 1. The van der Waals surface area contributed by atoms with Gasteiger partial charge in [0.25, 0.3) is 5.91 Å². The van der Waals surface area contributed by atoms with E-state index in [2.05, 4.69) is 15.4 Å². The highest BCUT2D eigenvalue weighted by atomic mass is 35.5. The molecule has 0 spiro atoms. The van der Waals surface area contributed by atoms with E-state index in [4.69, 9.17) is 17.3 Å². The number of nitrogens with two attached hydrogens (primary N) is 1. The summed E-state index contributed by atoms with van der Waals surface area (Å²) in [4.78, 5) is 53.7. The number of alkyl halides is 1. The number of hydrogen-bond donors (Lipinski definition) is 2. The average molecular weight is 579 g/mol. The van der Waals surface area contributed by atoms with Gasteiger partial charge in [-0.15, -0.1) is 0 Å². The Bertz CT molecular complexity index is 1750. The number of likely N-dealkylation sites (tertiary alicyclic amines) is 1. The predicted molar refractivity (Wildman–Crippen MR) is 147 cm³/mol. The van der Waals surface area contributed by atoms with Crippen molar-refractivity contribution in [2.45, 2.75) is 25.2 Å². The zero-order chi connectivity index (χ0) is 29.3. The smallest absolute Gasteiger partial charge is 0.269 e. The maximum absolute atomic E-state index is 15.4. The number of aliphatic imine (C=N–C) groups is 1. The second-order valence-electron chi connectivity index (χ2n) is 9.31. The third kappa shape index (κ3) is 5.43. The molecule has 1 fully saturated rings. The Labute approximate surface area is 236 Å². The molecule has 41 heavy (non-hydrogen) atoms. The van der Waals surface area contributed by atoms with E-state index in [0.29, 0.717) is 16.1 Å². The van der Waals surface area contributed by atoms with Crippen LogP contribution >= 0.6 is 11.6 Å². The third-order valence-electron chi connectivity index (χ3n) is 6.72. The van der Waals surface area contributed by atoms with Gasteiger partial charge in [-0.05, 0) is 30.3 Å². The van der Waals surface area contributed by atoms with E-state index in [9.17, 15) is 23.6 Å². The summed E-state index contributed by atoms with van der Waals surface area (Å²) in [5.74, 6) is -3.04. The lowest BCUT2D eigenvalue weighted by atomic mass is 10.0. The molecular weight excluding hydrogens is 558 g/mol. The molecule has 4 aromatic rings. The number of anilines is 1. The first-order valence-electron chi connectivity index (χ1n) is 12.3. The minimum absolute atomic E-state index is 0.153. The Morgan fingerprint density at radius 2 is 1.88 bits per heavy atom. The highest BCUT2D eigenvalue weighted by Gasteiger charge is 2.40. The first-order chi connectivity index (χ1) is 19.7. The molecule has 1 saturated heterocycles. The van der Waals surface area contributed by atoms with Gasteiger partial charge in [0.15, 0.2) is 11.5 Å². The zero-order valence-electron chi connectivity index (χ0n) is 21.2. The van der Waals surface area contributed by atoms with E-state index in [-0.39, 0.29) is 41.0 Å². The van der Waals surface area contributed by atoms with Crippen LogP contribution in [0.1, 0.15) is 16.9 Å². The molecule has 208 valence electrons. The molecule has 2 heterocycles. The molecule has 0 radical (unpaired) electrons. The van der Waals surface area contributed by atoms with Gasteiger partial charge in [0, 0.05) is 28.0 Å². The SMILES string of the molecule is NC(=O)c1nn(CC(=O)N2CC(F)CC2C(=O)Nc2cccc(-c3ccccc3Cl)c2F)c2ccc(N=C=O)cc12. The van der Waals surface area contributed by atoms with Gasteiger partial charge in [-0.25, -0.2) is 13.6 Å². The maximum Gasteiger partial charge on any atom is 0.269 e. The number of nitrogens with one attached hydrogen (secondary N) is 1. The van der Waals surface area contributed by atoms with Crippen LogP contribution < -0.4 is 11.1 Å². The Morgan fingerprint density at radius 1 is 1.12 bits per heavy atom. The number of carbonyl (C=O) groups excluding carboxylic acids is 4. The molecule has 13 heteroatoms. The van der Waals surface area contributed by atoms with Gasteiger partial charge >= 0.3 is 0 Å². The molecule has 3 N–H and O–H groups in total. The number of rotatable bonds is 7. The fourth-order valence-corrected chi connectivity index (χ4v) is 5.09. The van der Waals surface area contributed by atoms with Crippen LogP contribution in [0.5, 0.6) is 0 Å². The van der Waals surface area contributed by atoms with Crippen molar-refractivity contribution in [3.05, 3.63) is 77.2 Å². The van der Waals surface area contributed by atoms with Crippen molar-refractivity contribution < 1.29 is 28.0 Å². The molecule has 0 bridgehead atoms. The number of isocyanates is 1. The van der Waals surface area contributed by atoms with Crippen molar-refractivity contribution in [1.82, 2.24) is 14.7 Å². The fraction of sp³-hybridized carbons (Fsp3) is 0.179. The maximum atomic E-state index is 15.4. The Balaban J connectivity index is 1.39. The molecule has 0 saturated carbocycles. The van der Waals surface area contributed by atoms with Crippen LogP contribution in [-0.2, 0) is 20.9 Å². The summed E-state index contributed by atoms with van der Waals surface area (Å²) in [7, 11) is 0. The Hall–Kier alpha value is -4.93. The molecule has 1 aromatic heterocycles. The van der Waals surface area contributed by atoms with Crippen LogP contribution in [0, 0.1) is 5.82 Å². The summed E-state index contributed by atoms with van der Waals surface area (Å²) in [6.45, 7) is -0.813. The lowest BCUT2D eigenvalue weighted by Crippen LogP contribution is -2.44. The third-order valence-corrected chi connectivity index (χ3v) is 7.05. The van der Waals surface area contributed by atoms with Crippen LogP contribution in [0.2, 0.25) is 5.02 Å². The van der Waals surface area contributed by atoms with E-state index in [1.54, 1.807) is 24.3 Å². The van der Waals surface area contributed by atoms with Crippen molar-refractivity contribution in [2.75, 3.05) is 11.9 Å². The first-order valence-corrected chi connectivity index (χ1v) is 12.7. The quantitative estimate of drug-likeness (QED) is 0.251. The van der Waals surface area contributed by atoms with Gasteiger partial charge in [0.05, 0.1) is 23.4 Å². The summed E-state index contributed by atoms with van der Waals surface area (Å²) in [5.41, 5.74) is 6.23. The number of hydrogen-bond acceptors (Lipinski definition) is 6. The second-order valence-corrected chi connectivity index (χ2v) is 9.71. The van der Waals surface area contributed by atoms with Gasteiger partial charge in [-0.3, -0.25) is 19.1 Å². The summed E-state index contributed by atoms with van der Waals surface area (Å²) < 4.78 is 31.1. The van der Waals surface area contributed by atoms with Crippen LogP contribution in [0.15, 0.2) is 65.7 Å². The topological polar surface area (TPSA) is 140 Å². The highest BCUT2D eigenvalue weighted by molar-refractivity contribution is 6.33. The lowest BCUT2D eigenvalue weighted by molar-refractivity contribution is -0.137. The molecule has 1 aliphatic rings. The van der Waals surface area contributed by atoms with E-state index < -0.39 is 42.3 Å². The molecule has 3 amide bonds. The number of nitrogens with zero attached hydrogens (tertiary/aromatic N) is 4. The number of primary amides is 1. The number of aromatic nitrogens is 2.